The minimum absolute atomic E-state index is 0.288. The molecular formula is C24H25N3O2. The van der Waals surface area contributed by atoms with E-state index in [2.05, 4.69) is 34.4 Å². The number of benzene rings is 2. The van der Waals surface area contributed by atoms with Crippen LogP contribution in [0, 0.1) is 0 Å². The summed E-state index contributed by atoms with van der Waals surface area (Å²) in [4.78, 5) is 15.9. The topological polar surface area (TPSA) is 68.0 Å². The summed E-state index contributed by atoms with van der Waals surface area (Å²) in [5, 5.41) is 13.8. The number of carboxylic acids is 1. The van der Waals surface area contributed by atoms with Gasteiger partial charge in [0.2, 0.25) is 0 Å². The second-order valence-corrected chi connectivity index (χ2v) is 6.73. The van der Waals surface area contributed by atoms with Crippen molar-refractivity contribution in [3.05, 3.63) is 95.6 Å². The summed E-state index contributed by atoms with van der Waals surface area (Å²) in [7, 11) is 0. The van der Waals surface area contributed by atoms with E-state index in [1.165, 1.54) is 0 Å². The summed E-state index contributed by atoms with van der Waals surface area (Å²) in [5.41, 5.74) is 3.28. The van der Waals surface area contributed by atoms with Gasteiger partial charge in [0.15, 0.2) is 5.82 Å². The van der Waals surface area contributed by atoms with Crippen LogP contribution in [-0.4, -0.2) is 25.8 Å². The van der Waals surface area contributed by atoms with Crippen molar-refractivity contribution in [1.29, 1.82) is 0 Å². The summed E-state index contributed by atoms with van der Waals surface area (Å²) in [6.45, 7) is 4.64. The Hall–Kier alpha value is -3.47. The molecule has 148 valence electrons. The van der Waals surface area contributed by atoms with E-state index in [1.54, 1.807) is 18.2 Å². The first-order valence-corrected chi connectivity index (χ1v) is 9.68. The van der Waals surface area contributed by atoms with Gasteiger partial charge in [0.1, 0.15) is 5.82 Å². The third-order valence-electron chi connectivity index (χ3n) is 4.59. The van der Waals surface area contributed by atoms with E-state index in [0.29, 0.717) is 6.54 Å². The van der Waals surface area contributed by atoms with Gasteiger partial charge >= 0.3 is 5.97 Å². The van der Waals surface area contributed by atoms with Crippen LogP contribution in [0.1, 0.15) is 41.4 Å². The molecule has 0 atom stereocenters. The van der Waals surface area contributed by atoms with Gasteiger partial charge in [-0.2, -0.15) is 5.10 Å². The molecular weight excluding hydrogens is 362 g/mol. The maximum atomic E-state index is 11.2. The fourth-order valence-electron chi connectivity index (χ4n) is 3.04. The second-order valence-electron chi connectivity index (χ2n) is 6.73. The second kappa shape index (κ2) is 9.64. The number of hydrogen-bond donors (Lipinski definition) is 1. The van der Waals surface area contributed by atoms with Crippen molar-refractivity contribution in [2.75, 3.05) is 0 Å². The Labute approximate surface area is 171 Å². The molecule has 29 heavy (non-hydrogen) atoms. The highest BCUT2D eigenvalue weighted by Gasteiger charge is 2.09. The lowest BCUT2D eigenvalue weighted by atomic mass is 10.0. The molecule has 1 aromatic heterocycles. The van der Waals surface area contributed by atoms with Crippen LogP contribution >= 0.6 is 0 Å². The fourth-order valence-corrected chi connectivity index (χ4v) is 3.04. The van der Waals surface area contributed by atoms with Crippen LogP contribution in [0.25, 0.3) is 11.1 Å². The van der Waals surface area contributed by atoms with E-state index < -0.39 is 5.97 Å². The normalized spacial score (nSPS) is 11.5. The fraction of sp³-hybridized carbons (Fsp3) is 0.208. The Balaban J connectivity index is 1.81. The Morgan fingerprint density at radius 2 is 1.72 bits per heavy atom. The first-order chi connectivity index (χ1) is 14.1. The third-order valence-corrected chi connectivity index (χ3v) is 4.59. The Kier molecular flexibility index (Phi) is 6.74. The lowest BCUT2D eigenvalue weighted by Crippen LogP contribution is -2.06. The van der Waals surface area contributed by atoms with E-state index in [0.717, 1.165) is 41.2 Å². The SMILES string of the molecule is C/C=C/Cc1nc(C/C=C/C)n(Cc2ccc(-c3cccc(C(=O)O)c3)cc2)n1. The molecule has 3 aromatic rings. The number of nitrogens with zero attached hydrogens (tertiary/aromatic N) is 3. The monoisotopic (exact) mass is 387 g/mol. The van der Waals surface area contributed by atoms with Crippen molar-refractivity contribution in [3.8, 4) is 11.1 Å². The molecule has 0 aliphatic rings. The molecule has 2 aromatic carbocycles. The molecule has 1 heterocycles. The van der Waals surface area contributed by atoms with E-state index in [9.17, 15) is 9.90 Å². The molecule has 0 aliphatic carbocycles. The van der Waals surface area contributed by atoms with Crippen LogP contribution in [0.15, 0.2) is 72.8 Å². The van der Waals surface area contributed by atoms with E-state index in [-0.39, 0.29) is 5.56 Å². The van der Waals surface area contributed by atoms with Gasteiger partial charge in [-0.15, -0.1) is 0 Å². The first-order valence-electron chi connectivity index (χ1n) is 9.68. The van der Waals surface area contributed by atoms with Crippen molar-refractivity contribution in [1.82, 2.24) is 14.8 Å². The van der Waals surface area contributed by atoms with Gasteiger partial charge in [-0.05, 0) is 42.7 Å². The summed E-state index contributed by atoms with van der Waals surface area (Å²) >= 11 is 0. The molecule has 0 saturated heterocycles. The summed E-state index contributed by atoms with van der Waals surface area (Å²) in [6, 6.07) is 15.1. The first kappa shape index (κ1) is 20.3. The van der Waals surface area contributed by atoms with Gasteiger partial charge in [-0.3, -0.25) is 0 Å². The zero-order valence-electron chi connectivity index (χ0n) is 16.7. The number of aromatic carboxylic acids is 1. The zero-order valence-corrected chi connectivity index (χ0v) is 16.7. The number of allylic oxidation sites excluding steroid dienone is 4. The predicted octanol–water partition coefficient (Wildman–Crippen LogP) is 4.93. The van der Waals surface area contributed by atoms with Crippen molar-refractivity contribution in [2.24, 2.45) is 0 Å². The number of rotatable bonds is 8. The van der Waals surface area contributed by atoms with Crippen LogP contribution < -0.4 is 0 Å². The standard InChI is InChI=1S/C24H25N3O2/c1-3-5-10-22-25-23(11-6-4-2)27(26-22)17-18-12-14-19(15-13-18)20-8-7-9-21(16-20)24(28)29/h3-9,12-16H,10-11,17H2,1-2H3,(H,28,29)/b5-3+,6-4+. The van der Waals surface area contributed by atoms with E-state index in [1.807, 2.05) is 48.9 Å². The molecule has 0 bridgehead atoms. The maximum absolute atomic E-state index is 11.2. The average molecular weight is 387 g/mol. The van der Waals surface area contributed by atoms with E-state index >= 15 is 0 Å². The number of carbonyl (C=O) groups is 1. The molecule has 0 spiro atoms. The summed E-state index contributed by atoms with van der Waals surface area (Å²) in [5.74, 6) is 0.850. The molecule has 5 nitrogen and oxygen atoms in total. The molecule has 0 aliphatic heterocycles. The smallest absolute Gasteiger partial charge is 0.335 e. The average Bonchev–Trinajstić information content (AvgIpc) is 3.12. The van der Waals surface area contributed by atoms with Crippen LogP contribution in [0.5, 0.6) is 0 Å². The van der Waals surface area contributed by atoms with Crippen molar-refractivity contribution < 1.29 is 9.90 Å². The quantitative estimate of drug-likeness (QED) is 0.557. The zero-order chi connectivity index (χ0) is 20.6. The Bertz CT molecular complexity index is 1030. The highest BCUT2D eigenvalue weighted by molar-refractivity contribution is 5.89. The number of hydrogen-bond acceptors (Lipinski definition) is 3. The highest BCUT2D eigenvalue weighted by Crippen LogP contribution is 2.21. The molecule has 0 radical (unpaired) electrons. The van der Waals surface area contributed by atoms with E-state index in [4.69, 9.17) is 0 Å². The van der Waals surface area contributed by atoms with Crippen molar-refractivity contribution >= 4 is 5.97 Å². The van der Waals surface area contributed by atoms with Crippen LogP contribution in [0.4, 0.5) is 0 Å². The highest BCUT2D eigenvalue weighted by atomic mass is 16.4. The van der Waals surface area contributed by atoms with Crippen LogP contribution in [0.2, 0.25) is 0 Å². The molecule has 5 heteroatoms. The molecule has 0 amide bonds. The van der Waals surface area contributed by atoms with Gasteiger partial charge in [0.25, 0.3) is 0 Å². The van der Waals surface area contributed by atoms with Gasteiger partial charge in [-0.1, -0.05) is 60.7 Å². The minimum atomic E-state index is -0.919. The molecule has 0 fully saturated rings. The molecule has 3 rings (SSSR count). The largest absolute Gasteiger partial charge is 0.478 e. The van der Waals surface area contributed by atoms with Crippen molar-refractivity contribution in [2.45, 2.75) is 33.2 Å². The summed E-state index contributed by atoms with van der Waals surface area (Å²) < 4.78 is 1.96. The number of aromatic nitrogens is 3. The molecule has 1 N–H and O–H groups in total. The summed E-state index contributed by atoms with van der Waals surface area (Å²) in [6.07, 6.45) is 9.64. The molecule has 0 unspecified atom stereocenters. The van der Waals surface area contributed by atoms with Crippen molar-refractivity contribution in [3.63, 3.8) is 0 Å². The van der Waals surface area contributed by atoms with Gasteiger partial charge < -0.3 is 5.11 Å². The lowest BCUT2D eigenvalue weighted by molar-refractivity contribution is 0.0697. The lowest BCUT2D eigenvalue weighted by Gasteiger charge is -2.07. The number of carboxylic acid groups (broad SMARTS) is 1. The van der Waals surface area contributed by atoms with Crippen LogP contribution in [0.3, 0.4) is 0 Å². The van der Waals surface area contributed by atoms with Gasteiger partial charge in [0, 0.05) is 12.8 Å². The minimum Gasteiger partial charge on any atom is -0.478 e. The van der Waals surface area contributed by atoms with Gasteiger partial charge in [0.05, 0.1) is 12.1 Å². The van der Waals surface area contributed by atoms with Crippen LogP contribution in [-0.2, 0) is 19.4 Å². The Morgan fingerprint density at radius 1 is 1.00 bits per heavy atom. The predicted molar refractivity (Wildman–Crippen MR) is 115 cm³/mol. The van der Waals surface area contributed by atoms with Gasteiger partial charge in [-0.25, -0.2) is 14.5 Å². The molecule has 0 saturated carbocycles. The third kappa shape index (κ3) is 5.29. The maximum Gasteiger partial charge on any atom is 0.335 e. The Morgan fingerprint density at radius 3 is 2.41 bits per heavy atom.